The first-order chi connectivity index (χ1) is 8.83. The fourth-order valence-corrected chi connectivity index (χ4v) is 2.23. The first kappa shape index (κ1) is 15.1. The molecule has 5 heteroatoms. The summed E-state index contributed by atoms with van der Waals surface area (Å²) in [7, 11) is 0. The average molecular weight is 268 g/mol. The van der Waals surface area contributed by atoms with Gasteiger partial charge in [0, 0.05) is 18.7 Å². The van der Waals surface area contributed by atoms with Crippen LogP contribution in [0.3, 0.4) is 0 Å². The van der Waals surface area contributed by atoms with Gasteiger partial charge in [0.2, 0.25) is 0 Å². The van der Waals surface area contributed by atoms with E-state index >= 15 is 0 Å². The summed E-state index contributed by atoms with van der Waals surface area (Å²) in [6.07, 6.45) is 7.04. The molecule has 0 spiro atoms. The Labute approximate surface area is 114 Å². The molecule has 1 heterocycles. The predicted octanol–water partition coefficient (Wildman–Crippen LogP) is 3.03. The van der Waals surface area contributed by atoms with Crippen LogP contribution in [0.4, 0.5) is 11.6 Å². The summed E-state index contributed by atoms with van der Waals surface area (Å²) in [5.74, 6) is 3.15. The molecule has 0 aliphatic rings. The molecule has 18 heavy (non-hydrogen) atoms. The first-order valence-electron chi connectivity index (χ1n) is 6.64. The molecule has 2 N–H and O–H groups in total. The molecule has 0 aliphatic carbocycles. The van der Waals surface area contributed by atoms with Crippen molar-refractivity contribution >= 4 is 23.4 Å². The minimum absolute atomic E-state index is 0.889. The molecular formula is C13H24N4S. The van der Waals surface area contributed by atoms with Crippen molar-refractivity contribution in [2.24, 2.45) is 0 Å². The van der Waals surface area contributed by atoms with Crippen LogP contribution in [-0.4, -0.2) is 35.1 Å². The van der Waals surface area contributed by atoms with E-state index in [0.29, 0.717) is 0 Å². The van der Waals surface area contributed by atoms with E-state index in [1.807, 2.05) is 11.8 Å². The zero-order valence-corrected chi connectivity index (χ0v) is 12.4. The number of hydrogen-bond donors (Lipinski definition) is 2. The maximum absolute atomic E-state index is 4.37. The van der Waals surface area contributed by atoms with E-state index in [9.17, 15) is 0 Å². The molecule has 0 bridgehead atoms. The molecule has 0 atom stereocenters. The van der Waals surface area contributed by atoms with Crippen LogP contribution in [-0.2, 0) is 6.42 Å². The summed E-state index contributed by atoms with van der Waals surface area (Å²) in [4.78, 5) is 8.69. The van der Waals surface area contributed by atoms with Crippen molar-refractivity contribution < 1.29 is 0 Å². The van der Waals surface area contributed by atoms with Crippen molar-refractivity contribution in [3.63, 3.8) is 0 Å². The van der Waals surface area contributed by atoms with Crippen LogP contribution >= 0.6 is 11.8 Å². The van der Waals surface area contributed by atoms with E-state index in [2.05, 4.69) is 40.7 Å². The number of aromatic nitrogens is 2. The normalized spacial score (nSPS) is 10.4. The minimum atomic E-state index is 0.889. The average Bonchev–Trinajstić information content (AvgIpc) is 2.38. The summed E-state index contributed by atoms with van der Waals surface area (Å²) in [5.41, 5.74) is 1.21. The van der Waals surface area contributed by atoms with E-state index in [0.717, 1.165) is 44.0 Å². The Bertz CT molecular complexity index is 344. The van der Waals surface area contributed by atoms with Crippen LogP contribution in [0, 0.1) is 0 Å². The maximum Gasteiger partial charge on any atom is 0.134 e. The number of rotatable bonds is 9. The third-order valence-corrected chi connectivity index (χ3v) is 3.30. The molecule has 0 aromatic carbocycles. The molecular weight excluding hydrogens is 244 g/mol. The van der Waals surface area contributed by atoms with Crippen molar-refractivity contribution in [2.45, 2.75) is 33.1 Å². The largest absolute Gasteiger partial charge is 0.370 e. The van der Waals surface area contributed by atoms with Gasteiger partial charge in [0.15, 0.2) is 0 Å². The molecule has 0 saturated carbocycles. The molecule has 102 valence electrons. The minimum Gasteiger partial charge on any atom is -0.370 e. The summed E-state index contributed by atoms with van der Waals surface area (Å²) >= 11 is 1.88. The molecule has 1 aromatic heterocycles. The van der Waals surface area contributed by atoms with E-state index < -0.39 is 0 Å². The smallest absolute Gasteiger partial charge is 0.134 e. The maximum atomic E-state index is 4.37. The van der Waals surface area contributed by atoms with E-state index in [1.165, 1.54) is 11.3 Å². The summed E-state index contributed by atoms with van der Waals surface area (Å²) < 4.78 is 0. The zero-order chi connectivity index (χ0) is 13.2. The lowest BCUT2D eigenvalue weighted by molar-refractivity contribution is 0.889. The van der Waals surface area contributed by atoms with Crippen molar-refractivity contribution in [2.75, 3.05) is 35.7 Å². The molecule has 0 unspecified atom stereocenters. The van der Waals surface area contributed by atoms with Gasteiger partial charge in [-0.2, -0.15) is 11.8 Å². The third kappa shape index (κ3) is 4.72. The lowest BCUT2D eigenvalue weighted by Crippen LogP contribution is -2.11. The number of hydrogen-bond acceptors (Lipinski definition) is 5. The molecule has 1 aromatic rings. The second-order valence-corrected chi connectivity index (χ2v) is 5.09. The van der Waals surface area contributed by atoms with Crippen LogP contribution < -0.4 is 10.6 Å². The molecule has 0 amide bonds. The van der Waals surface area contributed by atoms with Crippen LogP contribution in [0.5, 0.6) is 0 Å². The van der Waals surface area contributed by atoms with Gasteiger partial charge in [0.25, 0.3) is 0 Å². The van der Waals surface area contributed by atoms with E-state index in [4.69, 9.17) is 0 Å². The van der Waals surface area contributed by atoms with Gasteiger partial charge < -0.3 is 10.6 Å². The standard InChI is InChI=1S/C13H24N4S/c1-4-7-11-12(14-5-2)16-10-17-13(11)15-8-6-9-18-3/h10H,4-9H2,1-3H3,(H2,14,15,16,17). The Morgan fingerprint density at radius 1 is 1.17 bits per heavy atom. The quantitative estimate of drug-likeness (QED) is 0.674. The Kier molecular flexibility index (Phi) is 7.57. The van der Waals surface area contributed by atoms with Gasteiger partial charge in [-0.3, -0.25) is 0 Å². The van der Waals surface area contributed by atoms with Crippen LogP contribution in [0.15, 0.2) is 6.33 Å². The van der Waals surface area contributed by atoms with Gasteiger partial charge in [-0.25, -0.2) is 9.97 Å². The number of thioether (sulfide) groups is 1. The van der Waals surface area contributed by atoms with Crippen LogP contribution in [0.25, 0.3) is 0 Å². The molecule has 1 rings (SSSR count). The Hall–Kier alpha value is -0.970. The SMILES string of the molecule is CCCc1c(NCC)ncnc1NCCCSC. The Morgan fingerprint density at radius 3 is 2.50 bits per heavy atom. The molecule has 0 aliphatic heterocycles. The van der Waals surface area contributed by atoms with Gasteiger partial charge in [-0.15, -0.1) is 0 Å². The predicted molar refractivity (Wildman–Crippen MR) is 81.7 cm³/mol. The monoisotopic (exact) mass is 268 g/mol. The highest BCUT2D eigenvalue weighted by atomic mass is 32.2. The van der Waals surface area contributed by atoms with Gasteiger partial charge in [0.05, 0.1) is 0 Å². The highest BCUT2D eigenvalue weighted by molar-refractivity contribution is 7.98. The van der Waals surface area contributed by atoms with E-state index in [1.54, 1.807) is 6.33 Å². The number of anilines is 2. The highest BCUT2D eigenvalue weighted by Crippen LogP contribution is 2.21. The molecule has 0 fully saturated rings. The summed E-state index contributed by atoms with van der Waals surface area (Å²) in [6.45, 7) is 6.13. The molecule has 0 saturated heterocycles. The van der Waals surface area contributed by atoms with E-state index in [-0.39, 0.29) is 0 Å². The van der Waals surface area contributed by atoms with Gasteiger partial charge >= 0.3 is 0 Å². The fourth-order valence-electron chi connectivity index (χ4n) is 1.79. The topological polar surface area (TPSA) is 49.8 Å². The fraction of sp³-hybridized carbons (Fsp3) is 0.692. The zero-order valence-electron chi connectivity index (χ0n) is 11.6. The molecule has 4 nitrogen and oxygen atoms in total. The van der Waals surface area contributed by atoms with Crippen LogP contribution in [0.2, 0.25) is 0 Å². The van der Waals surface area contributed by atoms with Gasteiger partial charge in [-0.1, -0.05) is 13.3 Å². The Balaban J connectivity index is 2.71. The Morgan fingerprint density at radius 2 is 1.89 bits per heavy atom. The first-order valence-corrected chi connectivity index (χ1v) is 8.03. The van der Waals surface area contributed by atoms with Gasteiger partial charge in [-0.05, 0) is 31.8 Å². The molecule has 0 radical (unpaired) electrons. The summed E-state index contributed by atoms with van der Waals surface area (Å²) in [6, 6.07) is 0. The van der Waals surface area contributed by atoms with Crippen molar-refractivity contribution in [1.82, 2.24) is 9.97 Å². The highest BCUT2D eigenvalue weighted by Gasteiger charge is 2.09. The van der Waals surface area contributed by atoms with Crippen molar-refractivity contribution in [3.05, 3.63) is 11.9 Å². The summed E-state index contributed by atoms with van der Waals surface area (Å²) in [5, 5.41) is 6.73. The van der Waals surface area contributed by atoms with Crippen LogP contribution in [0.1, 0.15) is 32.3 Å². The second-order valence-electron chi connectivity index (χ2n) is 4.10. The second kappa shape index (κ2) is 9.03. The number of nitrogens with one attached hydrogen (secondary N) is 2. The third-order valence-electron chi connectivity index (χ3n) is 2.61. The van der Waals surface area contributed by atoms with Gasteiger partial charge in [0.1, 0.15) is 18.0 Å². The van der Waals surface area contributed by atoms with Crippen molar-refractivity contribution in [3.8, 4) is 0 Å². The lowest BCUT2D eigenvalue weighted by Gasteiger charge is -2.14. The number of nitrogens with zero attached hydrogens (tertiary/aromatic N) is 2. The lowest BCUT2D eigenvalue weighted by atomic mass is 10.1. The van der Waals surface area contributed by atoms with Crippen molar-refractivity contribution in [1.29, 1.82) is 0 Å².